The molecular formula is C9H19NOS. The lowest BCUT2D eigenvalue weighted by atomic mass is 10.3. The van der Waals surface area contributed by atoms with E-state index >= 15 is 0 Å². The van der Waals surface area contributed by atoms with Gasteiger partial charge >= 0.3 is 0 Å². The van der Waals surface area contributed by atoms with Crippen LogP contribution in [0.3, 0.4) is 0 Å². The third-order valence-corrected chi connectivity index (χ3v) is 3.43. The largest absolute Gasteiger partial charge is 0.375 e. The zero-order valence-corrected chi connectivity index (χ0v) is 9.06. The second-order valence-electron chi connectivity index (χ2n) is 3.04. The molecule has 0 N–H and O–H groups in total. The second-order valence-corrected chi connectivity index (χ2v) is 4.39. The lowest BCUT2D eigenvalue weighted by Gasteiger charge is -2.23. The molecule has 0 bridgehead atoms. The van der Waals surface area contributed by atoms with Gasteiger partial charge in [0, 0.05) is 24.1 Å². The number of thioether (sulfide) groups is 1. The van der Waals surface area contributed by atoms with Gasteiger partial charge in [-0.1, -0.05) is 13.8 Å². The van der Waals surface area contributed by atoms with Crippen molar-refractivity contribution in [1.29, 1.82) is 0 Å². The number of hydrogen-bond acceptors (Lipinski definition) is 3. The minimum absolute atomic E-state index is 0.531. The molecule has 2 atom stereocenters. The Morgan fingerprint density at radius 3 is 2.75 bits per heavy atom. The molecule has 0 aromatic heterocycles. The molecular weight excluding hydrogens is 170 g/mol. The monoisotopic (exact) mass is 189 g/mol. The van der Waals surface area contributed by atoms with Gasteiger partial charge in [-0.2, -0.15) is 11.8 Å². The maximum atomic E-state index is 5.61. The number of fused-ring (bicyclic) bond motifs is 1. The molecule has 0 saturated carbocycles. The maximum Gasteiger partial charge on any atom is 0.0832 e. The van der Waals surface area contributed by atoms with Gasteiger partial charge in [-0.25, -0.2) is 0 Å². The third kappa shape index (κ3) is 2.38. The smallest absolute Gasteiger partial charge is 0.0832 e. The Balaban J connectivity index is 0.000000336. The van der Waals surface area contributed by atoms with Crippen molar-refractivity contribution in [3.05, 3.63) is 0 Å². The van der Waals surface area contributed by atoms with Crippen LogP contribution in [0.4, 0.5) is 0 Å². The van der Waals surface area contributed by atoms with Gasteiger partial charge < -0.3 is 9.64 Å². The molecule has 0 radical (unpaired) electrons. The number of nitrogens with zero attached hydrogens (tertiary/aromatic N) is 1. The SMILES string of the molecule is CC.CN1CC2OCCSC2C1. The fraction of sp³-hybridized carbons (Fsp3) is 1.00. The van der Waals surface area contributed by atoms with E-state index in [0.29, 0.717) is 6.10 Å². The van der Waals surface area contributed by atoms with E-state index in [4.69, 9.17) is 4.74 Å². The average Bonchev–Trinajstić information content (AvgIpc) is 2.48. The first-order chi connectivity index (χ1) is 5.86. The van der Waals surface area contributed by atoms with Crippen molar-refractivity contribution >= 4 is 11.8 Å². The second kappa shape index (κ2) is 5.10. The van der Waals surface area contributed by atoms with Crippen LogP contribution in [0, 0.1) is 0 Å². The van der Waals surface area contributed by atoms with Crippen molar-refractivity contribution in [2.24, 2.45) is 0 Å². The summed E-state index contributed by atoms with van der Waals surface area (Å²) in [5.41, 5.74) is 0. The molecule has 12 heavy (non-hydrogen) atoms. The molecule has 72 valence electrons. The van der Waals surface area contributed by atoms with Crippen LogP contribution < -0.4 is 0 Å². The van der Waals surface area contributed by atoms with Crippen molar-refractivity contribution in [2.75, 3.05) is 32.5 Å². The van der Waals surface area contributed by atoms with Crippen LogP contribution >= 0.6 is 11.8 Å². The van der Waals surface area contributed by atoms with Gasteiger partial charge in [-0.05, 0) is 7.05 Å². The van der Waals surface area contributed by atoms with Gasteiger partial charge in [0.2, 0.25) is 0 Å². The number of rotatable bonds is 0. The minimum Gasteiger partial charge on any atom is -0.375 e. The third-order valence-electron chi connectivity index (χ3n) is 2.15. The summed E-state index contributed by atoms with van der Waals surface area (Å²) in [6, 6.07) is 0. The Labute approximate surface area is 79.6 Å². The molecule has 0 aromatic rings. The van der Waals surface area contributed by atoms with Crippen LogP contribution in [0.5, 0.6) is 0 Å². The fourth-order valence-electron chi connectivity index (χ4n) is 1.64. The molecule has 2 saturated heterocycles. The van der Waals surface area contributed by atoms with Gasteiger partial charge in [0.15, 0.2) is 0 Å². The topological polar surface area (TPSA) is 12.5 Å². The summed E-state index contributed by atoms with van der Waals surface area (Å²) in [5, 5.41) is 0.763. The Kier molecular flexibility index (Phi) is 4.40. The van der Waals surface area contributed by atoms with E-state index in [1.165, 1.54) is 12.3 Å². The van der Waals surface area contributed by atoms with Gasteiger partial charge in [0.25, 0.3) is 0 Å². The molecule has 0 aliphatic carbocycles. The summed E-state index contributed by atoms with van der Waals surface area (Å²) in [4.78, 5) is 2.35. The Morgan fingerprint density at radius 1 is 1.33 bits per heavy atom. The molecule has 2 heterocycles. The van der Waals surface area contributed by atoms with Crippen LogP contribution in [0.25, 0.3) is 0 Å². The highest BCUT2D eigenvalue weighted by Crippen LogP contribution is 2.27. The molecule has 2 fully saturated rings. The van der Waals surface area contributed by atoms with E-state index in [1.54, 1.807) is 0 Å². The molecule has 2 aliphatic rings. The molecule has 2 nitrogen and oxygen atoms in total. The Morgan fingerprint density at radius 2 is 2.08 bits per heavy atom. The molecule has 2 aliphatic heterocycles. The molecule has 0 aromatic carbocycles. The van der Waals surface area contributed by atoms with E-state index in [9.17, 15) is 0 Å². The van der Waals surface area contributed by atoms with Crippen LogP contribution in [0.15, 0.2) is 0 Å². The number of ether oxygens (including phenoxy) is 1. The maximum absolute atomic E-state index is 5.61. The highest BCUT2D eigenvalue weighted by molar-refractivity contribution is 8.00. The standard InChI is InChI=1S/C7H13NOS.C2H6/c1-8-4-6-7(5-8)10-3-2-9-6;1-2/h6-7H,2-5H2,1H3;1-2H3. The number of likely N-dealkylation sites (tertiary alicyclic amines) is 1. The minimum atomic E-state index is 0.531. The van der Waals surface area contributed by atoms with E-state index in [2.05, 4.69) is 23.7 Å². The normalized spacial score (nSPS) is 35.2. The summed E-state index contributed by atoms with van der Waals surface area (Å²) in [5.74, 6) is 1.19. The predicted octanol–water partition coefficient (Wildman–Crippen LogP) is 1.46. The van der Waals surface area contributed by atoms with Crippen LogP contribution in [-0.2, 0) is 4.74 Å². The molecule has 0 spiro atoms. The first-order valence-corrected chi connectivity index (χ1v) is 5.83. The van der Waals surface area contributed by atoms with Crippen molar-refractivity contribution in [3.8, 4) is 0 Å². The highest BCUT2D eigenvalue weighted by atomic mass is 32.2. The summed E-state index contributed by atoms with van der Waals surface area (Å²) in [7, 11) is 2.17. The van der Waals surface area contributed by atoms with E-state index in [0.717, 1.165) is 18.4 Å². The summed E-state index contributed by atoms with van der Waals surface area (Å²) in [6.07, 6.45) is 0.531. The van der Waals surface area contributed by atoms with E-state index in [1.807, 2.05) is 13.8 Å². The number of hydrogen-bond donors (Lipinski definition) is 0. The zero-order chi connectivity index (χ0) is 8.97. The summed E-state index contributed by atoms with van der Waals surface area (Å²) in [6.45, 7) is 7.31. The first-order valence-electron chi connectivity index (χ1n) is 4.78. The van der Waals surface area contributed by atoms with Gasteiger partial charge in [-0.3, -0.25) is 0 Å². The predicted molar refractivity (Wildman–Crippen MR) is 54.8 cm³/mol. The highest BCUT2D eigenvalue weighted by Gasteiger charge is 2.33. The van der Waals surface area contributed by atoms with Gasteiger partial charge in [0.1, 0.15) is 0 Å². The summed E-state index contributed by atoms with van der Waals surface area (Å²) >= 11 is 2.07. The van der Waals surface area contributed by atoms with Crippen molar-refractivity contribution in [2.45, 2.75) is 25.2 Å². The van der Waals surface area contributed by atoms with Gasteiger partial charge in [-0.15, -0.1) is 0 Å². The molecule has 2 unspecified atom stereocenters. The Bertz CT molecular complexity index is 118. The number of likely N-dealkylation sites (N-methyl/N-ethyl adjacent to an activating group) is 1. The van der Waals surface area contributed by atoms with Gasteiger partial charge in [0.05, 0.1) is 12.7 Å². The zero-order valence-electron chi connectivity index (χ0n) is 8.25. The summed E-state index contributed by atoms with van der Waals surface area (Å²) < 4.78 is 5.61. The quantitative estimate of drug-likeness (QED) is 0.572. The lowest BCUT2D eigenvalue weighted by molar-refractivity contribution is 0.0696. The van der Waals surface area contributed by atoms with E-state index < -0.39 is 0 Å². The van der Waals surface area contributed by atoms with E-state index in [-0.39, 0.29) is 0 Å². The average molecular weight is 189 g/mol. The van der Waals surface area contributed by atoms with Crippen LogP contribution in [0.1, 0.15) is 13.8 Å². The van der Waals surface area contributed by atoms with Crippen molar-refractivity contribution in [3.63, 3.8) is 0 Å². The molecule has 0 amide bonds. The van der Waals surface area contributed by atoms with Crippen LogP contribution in [0.2, 0.25) is 0 Å². The lowest BCUT2D eigenvalue weighted by Crippen LogP contribution is -2.30. The van der Waals surface area contributed by atoms with Crippen LogP contribution in [-0.4, -0.2) is 48.8 Å². The fourth-order valence-corrected chi connectivity index (χ4v) is 2.88. The van der Waals surface area contributed by atoms with Crippen molar-refractivity contribution < 1.29 is 4.74 Å². The first kappa shape index (κ1) is 10.4. The molecule has 2 rings (SSSR count). The molecule has 3 heteroatoms. The van der Waals surface area contributed by atoms with Crippen molar-refractivity contribution in [1.82, 2.24) is 4.90 Å². The Hall–Kier alpha value is 0.270.